The van der Waals surface area contributed by atoms with Crippen LogP contribution in [-0.2, 0) is 14.3 Å². The third-order valence-corrected chi connectivity index (χ3v) is 2.84. The van der Waals surface area contributed by atoms with Crippen LogP contribution >= 0.6 is 0 Å². The van der Waals surface area contributed by atoms with Crippen molar-refractivity contribution in [1.29, 1.82) is 0 Å². The highest BCUT2D eigenvalue weighted by atomic mass is 16.5. The Bertz CT molecular complexity index is 251. The summed E-state index contributed by atoms with van der Waals surface area (Å²) in [6.07, 6.45) is 2.21. The van der Waals surface area contributed by atoms with Crippen LogP contribution in [-0.4, -0.2) is 31.3 Å². The fraction of sp³-hybridized carbons (Fsp3) is 0.917. The summed E-state index contributed by atoms with van der Waals surface area (Å²) < 4.78 is 11.1. The molecule has 1 fully saturated rings. The Labute approximate surface area is 103 Å². The van der Waals surface area contributed by atoms with Gasteiger partial charge in [0.1, 0.15) is 6.10 Å². The summed E-state index contributed by atoms with van der Waals surface area (Å²) >= 11 is 0. The van der Waals surface area contributed by atoms with E-state index in [-0.39, 0.29) is 12.0 Å². The zero-order valence-corrected chi connectivity index (χ0v) is 11.0. The fourth-order valence-corrected chi connectivity index (χ4v) is 1.71. The monoisotopic (exact) mass is 244 g/mol. The van der Waals surface area contributed by atoms with Crippen molar-refractivity contribution in [1.82, 2.24) is 5.43 Å². The van der Waals surface area contributed by atoms with Gasteiger partial charge >= 0.3 is 0 Å². The van der Waals surface area contributed by atoms with E-state index >= 15 is 0 Å². The Hall–Kier alpha value is -0.650. The molecule has 100 valence electrons. The molecule has 0 spiro atoms. The van der Waals surface area contributed by atoms with Gasteiger partial charge in [-0.3, -0.25) is 10.2 Å². The summed E-state index contributed by atoms with van der Waals surface area (Å²) in [6.45, 7) is 7.85. The van der Waals surface area contributed by atoms with Gasteiger partial charge in [0.05, 0.1) is 12.7 Å². The van der Waals surface area contributed by atoms with Gasteiger partial charge in [-0.25, -0.2) is 5.84 Å². The zero-order chi connectivity index (χ0) is 12.9. The topological polar surface area (TPSA) is 73.6 Å². The second-order valence-corrected chi connectivity index (χ2v) is 5.72. The molecule has 1 saturated heterocycles. The lowest BCUT2D eigenvalue weighted by Crippen LogP contribution is -2.39. The van der Waals surface area contributed by atoms with E-state index in [1.807, 2.05) is 0 Å². The summed E-state index contributed by atoms with van der Waals surface area (Å²) in [5, 5.41) is 0. The molecule has 0 aliphatic carbocycles. The molecule has 5 nitrogen and oxygen atoms in total. The third-order valence-electron chi connectivity index (χ3n) is 2.84. The largest absolute Gasteiger partial charge is 0.379 e. The van der Waals surface area contributed by atoms with Crippen LogP contribution in [0, 0.1) is 5.41 Å². The molecule has 0 radical (unpaired) electrons. The van der Waals surface area contributed by atoms with Crippen LogP contribution in [0.1, 0.15) is 40.0 Å². The summed E-state index contributed by atoms with van der Waals surface area (Å²) in [6, 6.07) is 0. The molecular weight excluding hydrogens is 220 g/mol. The van der Waals surface area contributed by atoms with Gasteiger partial charge in [-0.2, -0.15) is 0 Å². The van der Waals surface area contributed by atoms with Gasteiger partial charge in [0.25, 0.3) is 5.91 Å². The molecule has 5 heteroatoms. The highest BCUT2D eigenvalue weighted by Gasteiger charge is 2.30. The van der Waals surface area contributed by atoms with E-state index in [1.54, 1.807) is 0 Å². The number of carbonyl (C=O) groups is 1. The van der Waals surface area contributed by atoms with Crippen molar-refractivity contribution in [2.45, 2.75) is 52.2 Å². The Morgan fingerprint density at radius 1 is 1.47 bits per heavy atom. The molecule has 0 aromatic carbocycles. The highest BCUT2D eigenvalue weighted by Crippen LogP contribution is 2.21. The van der Waals surface area contributed by atoms with E-state index in [2.05, 4.69) is 26.2 Å². The number of carbonyl (C=O) groups excluding carboxylic acids is 1. The fourth-order valence-electron chi connectivity index (χ4n) is 1.71. The summed E-state index contributed by atoms with van der Waals surface area (Å²) in [5.41, 5.74) is 2.40. The molecule has 0 saturated carbocycles. The lowest BCUT2D eigenvalue weighted by molar-refractivity contribution is -0.133. The molecule has 3 N–H and O–H groups in total. The first-order chi connectivity index (χ1) is 7.92. The normalized spacial score (nSPS) is 24.9. The van der Waals surface area contributed by atoms with Crippen LogP contribution in [0.4, 0.5) is 0 Å². The second-order valence-electron chi connectivity index (χ2n) is 5.72. The molecule has 17 heavy (non-hydrogen) atoms. The SMILES string of the molecule is CC(C)(C)CCOCC1CCC(C(=O)NN)O1. The van der Waals surface area contributed by atoms with E-state index in [4.69, 9.17) is 15.3 Å². The van der Waals surface area contributed by atoms with Crippen LogP contribution in [0.15, 0.2) is 0 Å². The number of hydrogen-bond acceptors (Lipinski definition) is 4. The van der Waals surface area contributed by atoms with Crippen LogP contribution < -0.4 is 11.3 Å². The Morgan fingerprint density at radius 2 is 2.18 bits per heavy atom. The van der Waals surface area contributed by atoms with Crippen molar-refractivity contribution in [2.24, 2.45) is 11.3 Å². The van der Waals surface area contributed by atoms with Gasteiger partial charge in [0.15, 0.2) is 0 Å². The maximum atomic E-state index is 11.2. The predicted molar refractivity (Wildman–Crippen MR) is 65.1 cm³/mol. The van der Waals surface area contributed by atoms with E-state index < -0.39 is 6.10 Å². The number of rotatable bonds is 5. The van der Waals surface area contributed by atoms with Crippen molar-refractivity contribution < 1.29 is 14.3 Å². The number of hydrogen-bond donors (Lipinski definition) is 2. The first-order valence-electron chi connectivity index (χ1n) is 6.16. The molecular formula is C12H24N2O3. The van der Waals surface area contributed by atoms with Crippen molar-refractivity contribution in [3.05, 3.63) is 0 Å². The standard InChI is InChI=1S/C12H24N2O3/c1-12(2,3)6-7-16-8-9-4-5-10(17-9)11(15)14-13/h9-10H,4-8,13H2,1-3H3,(H,14,15). The number of nitrogens with two attached hydrogens (primary N) is 1. The van der Waals surface area contributed by atoms with Crippen LogP contribution in [0.5, 0.6) is 0 Å². The van der Waals surface area contributed by atoms with Gasteiger partial charge in [0, 0.05) is 6.61 Å². The first-order valence-corrected chi connectivity index (χ1v) is 6.16. The van der Waals surface area contributed by atoms with Gasteiger partial charge in [-0.1, -0.05) is 20.8 Å². The quantitative estimate of drug-likeness (QED) is 0.327. The smallest absolute Gasteiger partial charge is 0.263 e. The molecule has 1 heterocycles. The Balaban J connectivity index is 2.12. The van der Waals surface area contributed by atoms with Gasteiger partial charge in [0.2, 0.25) is 0 Å². The van der Waals surface area contributed by atoms with E-state index in [9.17, 15) is 4.79 Å². The molecule has 2 atom stereocenters. The van der Waals surface area contributed by atoms with Crippen molar-refractivity contribution in [3.8, 4) is 0 Å². The van der Waals surface area contributed by atoms with E-state index in [0.717, 1.165) is 25.9 Å². The molecule has 1 rings (SSSR count). The first kappa shape index (κ1) is 14.4. The molecule has 1 aliphatic heterocycles. The number of ether oxygens (including phenoxy) is 2. The van der Waals surface area contributed by atoms with E-state index in [1.165, 1.54) is 0 Å². The molecule has 0 aromatic heterocycles. The van der Waals surface area contributed by atoms with Crippen molar-refractivity contribution >= 4 is 5.91 Å². The summed E-state index contributed by atoms with van der Waals surface area (Å²) in [5.74, 6) is 4.81. The summed E-state index contributed by atoms with van der Waals surface area (Å²) in [7, 11) is 0. The zero-order valence-electron chi connectivity index (χ0n) is 11.0. The van der Waals surface area contributed by atoms with Crippen molar-refractivity contribution in [3.63, 3.8) is 0 Å². The molecule has 2 unspecified atom stereocenters. The Kier molecular flexibility index (Phi) is 5.36. The number of amides is 1. The molecule has 1 amide bonds. The van der Waals surface area contributed by atoms with Crippen LogP contribution in [0.25, 0.3) is 0 Å². The second kappa shape index (κ2) is 6.33. The lowest BCUT2D eigenvalue weighted by atomic mass is 9.93. The minimum atomic E-state index is -0.406. The maximum Gasteiger partial charge on any atom is 0.263 e. The van der Waals surface area contributed by atoms with Gasteiger partial charge in [-0.15, -0.1) is 0 Å². The molecule has 0 bridgehead atoms. The Morgan fingerprint density at radius 3 is 2.76 bits per heavy atom. The molecule has 0 aromatic rings. The van der Waals surface area contributed by atoms with Crippen LogP contribution in [0.2, 0.25) is 0 Å². The number of nitrogens with one attached hydrogen (secondary N) is 1. The summed E-state index contributed by atoms with van der Waals surface area (Å²) in [4.78, 5) is 11.2. The molecule has 1 aliphatic rings. The van der Waals surface area contributed by atoms with Crippen LogP contribution in [0.3, 0.4) is 0 Å². The maximum absolute atomic E-state index is 11.2. The average molecular weight is 244 g/mol. The average Bonchev–Trinajstić information content (AvgIpc) is 2.70. The van der Waals surface area contributed by atoms with E-state index in [0.29, 0.717) is 12.0 Å². The van der Waals surface area contributed by atoms with Gasteiger partial charge in [-0.05, 0) is 24.7 Å². The predicted octanol–water partition coefficient (Wildman–Crippen LogP) is 0.977. The minimum Gasteiger partial charge on any atom is -0.379 e. The van der Waals surface area contributed by atoms with Crippen molar-refractivity contribution in [2.75, 3.05) is 13.2 Å². The third kappa shape index (κ3) is 5.48. The minimum absolute atomic E-state index is 0.0252. The number of hydrazine groups is 1. The van der Waals surface area contributed by atoms with Gasteiger partial charge < -0.3 is 9.47 Å². The highest BCUT2D eigenvalue weighted by molar-refractivity contribution is 5.80. The lowest BCUT2D eigenvalue weighted by Gasteiger charge is -2.19.